The zero-order chi connectivity index (χ0) is 25.2. The Kier molecular flexibility index (Phi) is 6.67. The van der Waals surface area contributed by atoms with Crippen LogP contribution in [0.2, 0.25) is 5.02 Å². The average molecular weight is 524 g/mol. The molecule has 0 saturated carbocycles. The van der Waals surface area contributed by atoms with Crippen molar-refractivity contribution >= 4 is 52.1 Å². The van der Waals surface area contributed by atoms with Crippen molar-refractivity contribution in [1.29, 1.82) is 0 Å². The lowest BCUT2D eigenvalue weighted by Gasteiger charge is -2.24. The largest absolute Gasteiger partial charge is 0.497 e. The summed E-state index contributed by atoms with van der Waals surface area (Å²) in [7, 11) is 1.57. The van der Waals surface area contributed by atoms with Gasteiger partial charge < -0.3 is 24.4 Å². The molecule has 3 aromatic carbocycles. The van der Waals surface area contributed by atoms with Crippen molar-refractivity contribution < 1.29 is 23.8 Å². The van der Waals surface area contributed by atoms with Gasteiger partial charge >= 0.3 is 0 Å². The van der Waals surface area contributed by atoms with E-state index in [1.165, 1.54) is 4.90 Å². The zero-order valence-electron chi connectivity index (χ0n) is 19.3. The van der Waals surface area contributed by atoms with Crippen LogP contribution in [0.1, 0.15) is 12.0 Å². The van der Waals surface area contributed by atoms with Crippen molar-refractivity contribution in [3.63, 3.8) is 0 Å². The molecule has 1 atom stereocenters. The number of amides is 2. The van der Waals surface area contributed by atoms with Gasteiger partial charge in [0.2, 0.25) is 12.7 Å². The molecule has 2 aliphatic heterocycles. The van der Waals surface area contributed by atoms with Crippen molar-refractivity contribution in [3.8, 4) is 17.2 Å². The fourth-order valence-corrected chi connectivity index (χ4v) is 4.65. The minimum Gasteiger partial charge on any atom is -0.497 e. The Balaban J connectivity index is 1.41. The Morgan fingerprint density at radius 1 is 1.08 bits per heavy atom. The fourth-order valence-electron chi connectivity index (χ4n) is 4.14. The predicted octanol–water partition coefficient (Wildman–Crippen LogP) is 4.61. The van der Waals surface area contributed by atoms with Crippen molar-refractivity contribution in [1.82, 2.24) is 4.90 Å². The smallest absolute Gasteiger partial charge is 0.256 e. The van der Waals surface area contributed by atoms with Crippen LogP contribution in [0.15, 0.2) is 66.7 Å². The second-order valence-electron chi connectivity index (χ2n) is 8.24. The molecular weight excluding hydrogens is 502 g/mol. The third kappa shape index (κ3) is 4.80. The molecule has 1 unspecified atom stereocenters. The molecule has 10 heteroatoms. The summed E-state index contributed by atoms with van der Waals surface area (Å²) in [5.74, 6) is 1.36. The maximum Gasteiger partial charge on any atom is 0.256 e. The summed E-state index contributed by atoms with van der Waals surface area (Å²) < 4.78 is 16.1. The molecule has 1 fully saturated rings. The van der Waals surface area contributed by atoms with E-state index in [1.54, 1.807) is 60.5 Å². The van der Waals surface area contributed by atoms with Crippen LogP contribution in [0, 0.1) is 0 Å². The maximum atomic E-state index is 13.6. The van der Waals surface area contributed by atoms with Gasteiger partial charge in [0, 0.05) is 17.3 Å². The molecule has 0 aromatic heterocycles. The van der Waals surface area contributed by atoms with Gasteiger partial charge in [0.15, 0.2) is 16.6 Å². The van der Waals surface area contributed by atoms with Crippen LogP contribution in [0.3, 0.4) is 0 Å². The van der Waals surface area contributed by atoms with Crippen LogP contribution in [0.5, 0.6) is 17.2 Å². The Hall–Kier alpha value is -3.82. The van der Waals surface area contributed by atoms with Gasteiger partial charge in [0.05, 0.1) is 19.2 Å². The highest BCUT2D eigenvalue weighted by atomic mass is 35.5. The average Bonchev–Trinajstić information content (AvgIpc) is 3.43. The van der Waals surface area contributed by atoms with Crippen LogP contribution in [0.25, 0.3) is 0 Å². The second-order valence-corrected chi connectivity index (χ2v) is 9.05. The molecule has 8 nitrogen and oxygen atoms in total. The van der Waals surface area contributed by atoms with Gasteiger partial charge in [-0.05, 0) is 78.4 Å². The van der Waals surface area contributed by atoms with E-state index in [0.717, 1.165) is 5.56 Å². The van der Waals surface area contributed by atoms with Crippen molar-refractivity contribution in [2.75, 3.05) is 24.1 Å². The molecule has 1 saturated heterocycles. The lowest BCUT2D eigenvalue weighted by molar-refractivity contribution is -0.124. The number of thiocarbonyl (C=S) groups is 1. The summed E-state index contributed by atoms with van der Waals surface area (Å²) in [6, 6.07) is 18.6. The lowest BCUT2D eigenvalue weighted by atomic mass is 10.1. The number of nitrogens with one attached hydrogen (secondary N) is 1. The topological polar surface area (TPSA) is 80.3 Å². The monoisotopic (exact) mass is 523 g/mol. The molecule has 184 valence electrons. The number of ether oxygens (including phenoxy) is 3. The summed E-state index contributed by atoms with van der Waals surface area (Å²) in [5.41, 5.74) is 2.06. The molecule has 36 heavy (non-hydrogen) atoms. The van der Waals surface area contributed by atoms with Gasteiger partial charge in [-0.2, -0.15) is 0 Å². The molecule has 0 radical (unpaired) electrons. The fraction of sp³-hybridized carbons (Fsp3) is 0.192. The number of carbonyl (C=O) groups is 2. The number of halogens is 1. The Morgan fingerprint density at radius 3 is 2.53 bits per heavy atom. The quantitative estimate of drug-likeness (QED) is 0.453. The van der Waals surface area contributed by atoms with Gasteiger partial charge in [-0.15, -0.1) is 0 Å². The van der Waals surface area contributed by atoms with Crippen LogP contribution >= 0.6 is 23.8 Å². The molecule has 0 aliphatic carbocycles. The van der Waals surface area contributed by atoms with E-state index in [-0.39, 0.29) is 25.0 Å². The van der Waals surface area contributed by atoms with E-state index in [9.17, 15) is 9.59 Å². The van der Waals surface area contributed by atoms with E-state index >= 15 is 0 Å². The molecule has 2 aliphatic rings. The molecular formula is C26H22ClN3O5S. The zero-order valence-corrected chi connectivity index (χ0v) is 20.8. The molecule has 5 rings (SSSR count). The molecule has 2 heterocycles. The molecule has 3 aromatic rings. The van der Waals surface area contributed by atoms with E-state index in [1.807, 2.05) is 18.2 Å². The minimum absolute atomic E-state index is 0.0845. The van der Waals surface area contributed by atoms with Gasteiger partial charge in [-0.25, -0.2) is 0 Å². The van der Waals surface area contributed by atoms with E-state index < -0.39 is 6.04 Å². The third-order valence-electron chi connectivity index (χ3n) is 5.95. The number of rotatable bonds is 7. The normalized spacial score (nSPS) is 16.4. The SMILES string of the molecule is COc1ccc(N2C(=O)C(CC(=O)Nc3ccc(Cl)cc3)N(Cc3ccc4c(c3)OCO4)C2=S)cc1. The predicted molar refractivity (Wildman–Crippen MR) is 140 cm³/mol. The first-order valence-electron chi connectivity index (χ1n) is 11.2. The van der Waals surface area contributed by atoms with Gasteiger partial charge in [-0.3, -0.25) is 14.5 Å². The number of hydrogen-bond acceptors (Lipinski definition) is 6. The summed E-state index contributed by atoms with van der Waals surface area (Å²) in [6.45, 7) is 0.477. The maximum absolute atomic E-state index is 13.6. The standard InChI is InChI=1S/C26H22ClN3O5S/c1-33-20-9-7-19(8-10-20)30-25(32)21(13-24(31)28-18-5-3-17(27)4-6-18)29(26(30)36)14-16-2-11-22-23(12-16)35-15-34-22/h2-12,21H,13-15H2,1H3,(H,28,31). The lowest BCUT2D eigenvalue weighted by Crippen LogP contribution is -2.37. The number of methoxy groups -OCH3 is 1. The first-order chi connectivity index (χ1) is 17.4. The number of anilines is 2. The minimum atomic E-state index is -0.794. The van der Waals surface area contributed by atoms with Crippen LogP contribution in [-0.4, -0.2) is 41.8 Å². The summed E-state index contributed by atoms with van der Waals surface area (Å²) >= 11 is 11.7. The van der Waals surface area contributed by atoms with E-state index in [4.69, 9.17) is 38.0 Å². The van der Waals surface area contributed by atoms with Crippen molar-refractivity contribution in [3.05, 3.63) is 77.3 Å². The van der Waals surface area contributed by atoms with Crippen LogP contribution in [-0.2, 0) is 16.1 Å². The number of benzene rings is 3. The molecule has 0 spiro atoms. The number of hydrogen-bond donors (Lipinski definition) is 1. The van der Waals surface area contributed by atoms with Crippen molar-refractivity contribution in [2.24, 2.45) is 0 Å². The summed E-state index contributed by atoms with van der Waals surface area (Å²) in [4.78, 5) is 29.8. The summed E-state index contributed by atoms with van der Waals surface area (Å²) in [5, 5.41) is 3.70. The highest BCUT2D eigenvalue weighted by molar-refractivity contribution is 7.80. The molecule has 0 bridgehead atoms. The Labute approximate surface area is 218 Å². The Bertz CT molecular complexity index is 1320. The molecule has 2 amide bonds. The first-order valence-corrected chi connectivity index (χ1v) is 11.9. The van der Waals surface area contributed by atoms with Gasteiger partial charge in [-0.1, -0.05) is 17.7 Å². The first kappa shape index (κ1) is 23.9. The summed E-state index contributed by atoms with van der Waals surface area (Å²) in [6.07, 6.45) is -0.0845. The Morgan fingerprint density at radius 2 is 1.81 bits per heavy atom. The second kappa shape index (κ2) is 10.0. The number of carbonyl (C=O) groups excluding carboxylic acids is 2. The number of fused-ring (bicyclic) bond motifs is 1. The highest BCUT2D eigenvalue weighted by Crippen LogP contribution is 2.35. The van der Waals surface area contributed by atoms with Gasteiger partial charge in [0.25, 0.3) is 5.91 Å². The van der Waals surface area contributed by atoms with Crippen LogP contribution < -0.4 is 24.4 Å². The van der Waals surface area contributed by atoms with Crippen molar-refractivity contribution in [2.45, 2.75) is 19.0 Å². The van der Waals surface area contributed by atoms with Crippen LogP contribution in [0.4, 0.5) is 11.4 Å². The third-order valence-corrected chi connectivity index (χ3v) is 6.61. The van der Waals surface area contributed by atoms with Gasteiger partial charge in [0.1, 0.15) is 11.8 Å². The number of nitrogens with zero attached hydrogens (tertiary/aromatic N) is 2. The molecule has 1 N–H and O–H groups in total. The van der Waals surface area contributed by atoms with E-state index in [0.29, 0.717) is 45.3 Å². The van der Waals surface area contributed by atoms with E-state index in [2.05, 4.69) is 5.32 Å². The highest BCUT2D eigenvalue weighted by Gasteiger charge is 2.44.